The molecule has 0 fully saturated rings. The highest BCUT2D eigenvalue weighted by Crippen LogP contribution is 2.27. The van der Waals surface area contributed by atoms with Gasteiger partial charge in [-0.15, -0.1) is 0 Å². The van der Waals surface area contributed by atoms with E-state index < -0.39 is 0 Å². The lowest BCUT2D eigenvalue weighted by molar-refractivity contribution is 0.342. The molecule has 0 aliphatic carbocycles. The van der Waals surface area contributed by atoms with Crippen LogP contribution in [0.1, 0.15) is 12.5 Å². The minimum atomic E-state index is 0.392. The number of nitrogens with zero attached hydrogens (tertiary/aromatic N) is 3. The number of hydrogen-bond donors (Lipinski definition) is 1. The molecule has 2 aromatic rings. The quantitative estimate of drug-likeness (QED) is 0.889. The first-order valence-electron chi connectivity index (χ1n) is 5.54. The van der Waals surface area contributed by atoms with Gasteiger partial charge in [0.15, 0.2) is 5.82 Å². The van der Waals surface area contributed by atoms with Crippen LogP contribution in [0.5, 0.6) is 5.75 Å². The van der Waals surface area contributed by atoms with E-state index in [1.165, 1.54) is 12.5 Å². The van der Waals surface area contributed by atoms with Crippen molar-refractivity contribution in [2.45, 2.75) is 6.92 Å². The molecule has 0 saturated heterocycles. The zero-order valence-corrected chi connectivity index (χ0v) is 9.92. The van der Waals surface area contributed by atoms with Crippen molar-refractivity contribution < 1.29 is 4.74 Å². The van der Waals surface area contributed by atoms with Gasteiger partial charge in [-0.3, -0.25) is 0 Å². The second-order valence-corrected chi connectivity index (χ2v) is 3.45. The Morgan fingerprint density at radius 2 is 2.22 bits per heavy atom. The van der Waals surface area contributed by atoms with Gasteiger partial charge in [-0.2, -0.15) is 5.26 Å². The molecule has 0 saturated carbocycles. The fourth-order valence-electron chi connectivity index (χ4n) is 1.49. The molecule has 0 amide bonds. The molecule has 1 aromatic heterocycles. The van der Waals surface area contributed by atoms with Crippen LogP contribution in [-0.2, 0) is 0 Å². The van der Waals surface area contributed by atoms with Crippen LogP contribution in [0, 0.1) is 11.3 Å². The molecule has 1 N–H and O–H groups in total. The lowest BCUT2D eigenvalue weighted by Gasteiger charge is -2.11. The van der Waals surface area contributed by atoms with Gasteiger partial charge in [-0.05, 0) is 19.1 Å². The number of aromatic nitrogens is 2. The van der Waals surface area contributed by atoms with Crippen LogP contribution in [0.4, 0.5) is 11.5 Å². The molecular weight excluding hydrogens is 228 g/mol. The number of hydrogen-bond acceptors (Lipinski definition) is 5. The third-order valence-corrected chi connectivity index (χ3v) is 2.27. The number of rotatable bonds is 4. The summed E-state index contributed by atoms with van der Waals surface area (Å²) in [5.41, 5.74) is 1.17. The van der Waals surface area contributed by atoms with Gasteiger partial charge in [0.05, 0.1) is 18.5 Å². The number of nitriles is 1. The summed E-state index contributed by atoms with van der Waals surface area (Å²) in [7, 11) is 0. The molecule has 2 rings (SSSR count). The van der Waals surface area contributed by atoms with Crippen LogP contribution in [0.15, 0.2) is 36.8 Å². The molecule has 0 atom stereocenters. The van der Waals surface area contributed by atoms with Crippen LogP contribution in [0.25, 0.3) is 0 Å². The fraction of sp³-hybridized carbons (Fsp3) is 0.154. The Morgan fingerprint density at radius 3 is 3.00 bits per heavy atom. The lowest BCUT2D eigenvalue weighted by Crippen LogP contribution is -2.01. The summed E-state index contributed by atoms with van der Waals surface area (Å²) in [6.45, 7) is 2.50. The highest BCUT2D eigenvalue weighted by Gasteiger charge is 2.07. The number of nitrogens with one attached hydrogen (secondary N) is 1. The van der Waals surface area contributed by atoms with Crippen molar-refractivity contribution in [3.63, 3.8) is 0 Å². The van der Waals surface area contributed by atoms with Gasteiger partial charge in [0.2, 0.25) is 0 Å². The van der Waals surface area contributed by atoms with Gasteiger partial charge < -0.3 is 10.1 Å². The topological polar surface area (TPSA) is 70.8 Å². The van der Waals surface area contributed by atoms with E-state index >= 15 is 0 Å². The van der Waals surface area contributed by atoms with E-state index in [9.17, 15) is 0 Å². The first-order chi connectivity index (χ1) is 8.85. The molecule has 90 valence electrons. The summed E-state index contributed by atoms with van der Waals surface area (Å²) >= 11 is 0. The Hall–Kier alpha value is -2.61. The van der Waals surface area contributed by atoms with Crippen LogP contribution in [0.3, 0.4) is 0 Å². The number of para-hydroxylation sites is 2. The zero-order valence-electron chi connectivity index (χ0n) is 9.92. The van der Waals surface area contributed by atoms with Crippen molar-refractivity contribution in [3.8, 4) is 11.8 Å². The average molecular weight is 240 g/mol. The average Bonchev–Trinajstić information content (AvgIpc) is 2.42. The van der Waals surface area contributed by atoms with Crippen LogP contribution in [-0.4, -0.2) is 16.6 Å². The van der Waals surface area contributed by atoms with Crippen molar-refractivity contribution in [1.82, 2.24) is 9.97 Å². The molecule has 18 heavy (non-hydrogen) atoms. The molecule has 0 unspecified atom stereocenters. The second kappa shape index (κ2) is 5.64. The summed E-state index contributed by atoms with van der Waals surface area (Å²) in [5.74, 6) is 1.20. The molecule has 0 aliphatic rings. The summed E-state index contributed by atoms with van der Waals surface area (Å²) in [6, 6.07) is 9.55. The normalized spacial score (nSPS) is 9.56. The van der Waals surface area contributed by atoms with Crippen LogP contribution in [0.2, 0.25) is 0 Å². The maximum atomic E-state index is 8.97. The maximum absolute atomic E-state index is 8.97. The molecule has 0 radical (unpaired) electrons. The van der Waals surface area contributed by atoms with Gasteiger partial charge in [-0.1, -0.05) is 12.1 Å². The highest BCUT2D eigenvalue weighted by molar-refractivity contribution is 5.67. The summed E-state index contributed by atoms with van der Waals surface area (Å²) in [6.07, 6.45) is 2.87. The van der Waals surface area contributed by atoms with E-state index in [4.69, 9.17) is 10.00 Å². The predicted octanol–water partition coefficient (Wildman–Crippen LogP) is 2.49. The fourth-order valence-corrected chi connectivity index (χ4v) is 1.49. The predicted molar refractivity (Wildman–Crippen MR) is 67.6 cm³/mol. The minimum absolute atomic E-state index is 0.392. The monoisotopic (exact) mass is 240 g/mol. The zero-order chi connectivity index (χ0) is 12.8. The van der Waals surface area contributed by atoms with E-state index in [-0.39, 0.29) is 0 Å². The Morgan fingerprint density at radius 1 is 1.39 bits per heavy atom. The molecule has 5 nitrogen and oxygen atoms in total. The van der Waals surface area contributed by atoms with Crippen molar-refractivity contribution in [3.05, 3.63) is 42.4 Å². The van der Waals surface area contributed by atoms with Gasteiger partial charge in [-0.25, -0.2) is 9.97 Å². The van der Waals surface area contributed by atoms with Crippen LogP contribution < -0.4 is 10.1 Å². The van der Waals surface area contributed by atoms with E-state index in [0.29, 0.717) is 18.0 Å². The van der Waals surface area contributed by atoms with Crippen molar-refractivity contribution in [2.24, 2.45) is 0 Å². The highest BCUT2D eigenvalue weighted by atomic mass is 16.5. The Balaban J connectivity index is 2.31. The second-order valence-electron chi connectivity index (χ2n) is 3.45. The van der Waals surface area contributed by atoms with E-state index in [1.807, 2.05) is 37.3 Å². The summed E-state index contributed by atoms with van der Waals surface area (Å²) in [5, 5.41) is 12.0. The van der Waals surface area contributed by atoms with Crippen LogP contribution >= 0.6 is 0 Å². The standard InChI is InChI=1S/C13H12N4O/c1-2-18-12-6-4-3-5-11(12)17-13-10(7-14)8-15-9-16-13/h3-6,8-9H,2H2,1H3,(H,15,16,17). The smallest absolute Gasteiger partial charge is 0.151 e. The Labute approximate surface area is 105 Å². The summed E-state index contributed by atoms with van der Waals surface area (Å²) in [4.78, 5) is 7.86. The SMILES string of the molecule is CCOc1ccccc1Nc1ncncc1C#N. The largest absolute Gasteiger partial charge is 0.492 e. The van der Waals surface area contributed by atoms with Crippen molar-refractivity contribution in [2.75, 3.05) is 11.9 Å². The van der Waals surface area contributed by atoms with E-state index in [0.717, 1.165) is 11.4 Å². The molecule has 0 spiro atoms. The first kappa shape index (κ1) is 11.9. The van der Waals surface area contributed by atoms with Gasteiger partial charge >= 0.3 is 0 Å². The third kappa shape index (κ3) is 2.55. The third-order valence-electron chi connectivity index (χ3n) is 2.27. The van der Waals surface area contributed by atoms with E-state index in [2.05, 4.69) is 15.3 Å². The molecule has 5 heteroatoms. The van der Waals surface area contributed by atoms with Gasteiger partial charge in [0.25, 0.3) is 0 Å². The van der Waals surface area contributed by atoms with Gasteiger partial charge in [0.1, 0.15) is 23.7 Å². The lowest BCUT2D eigenvalue weighted by atomic mass is 10.2. The number of ether oxygens (including phenoxy) is 1. The number of anilines is 2. The van der Waals surface area contributed by atoms with E-state index in [1.54, 1.807) is 0 Å². The van der Waals surface area contributed by atoms with Crippen molar-refractivity contribution in [1.29, 1.82) is 5.26 Å². The van der Waals surface area contributed by atoms with Crippen molar-refractivity contribution >= 4 is 11.5 Å². The summed E-state index contributed by atoms with van der Waals surface area (Å²) < 4.78 is 5.49. The molecule has 1 aromatic carbocycles. The molecule has 1 heterocycles. The molecular formula is C13H12N4O. The minimum Gasteiger partial charge on any atom is -0.492 e. The molecule has 0 aliphatic heterocycles. The molecule has 0 bridgehead atoms. The Bertz CT molecular complexity index is 577. The first-order valence-corrected chi connectivity index (χ1v) is 5.54. The van der Waals surface area contributed by atoms with Gasteiger partial charge in [0, 0.05) is 0 Å². The number of benzene rings is 1. The Kier molecular flexibility index (Phi) is 3.72. The maximum Gasteiger partial charge on any atom is 0.151 e.